The lowest BCUT2D eigenvalue weighted by Crippen LogP contribution is -2.02. The number of aromatic carboxylic acids is 1. The van der Waals surface area contributed by atoms with Gasteiger partial charge in [-0.15, -0.1) is 11.3 Å². The van der Waals surface area contributed by atoms with Crippen molar-refractivity contribution in [3.05, 3.63) is 43.6 Å². The minimum atomic E-state index is -1.14. The van der Waals surface area contributed by atoms with Crippen LogP contribution in [0.3, 0.4) is 0 Å². The van der Waals surface area contributed by atoms with E-state index in [1.165, 1.54) is 12.1 Å². The molecule has 1 aromatic carbocycles. The number of hydrogen-bond donors (Lipinski definition) is 2. The highest BCUT2D eigenvalue weighted by Gasteiger charge is 2.21. The first-order valence-corrected chi connectivity index (χ1v) is 7.32. The quantitative estimate of drug-likeness (QED) is 0.758. The Morgan fingerprint density at radius 1 is 1.55 bits per heavy atom. The SMILES string of the molecule is Cc1c(C#N)sc(Nc2ccc(I)cc2F)c1C(=O)O. The molecule has 0 atom stereocenters. The predicted molar refractivity (Wildman–Crippen MR) is 83.1 cm³/mol. The third-order valence-electron chi connectivity index (χ3n) is 2.64. The zero-order valence-corrected chi connectivity index (χ0v) is 13.2. The predicted octanol–water partition coefficient (Wildman–Crippen LogP) is 4.11. The summed E-state index contributed by atoms with van der Waals surface area (Å²) in [6.45, 7) is 1.56. The summed E-state index contributed by atoms with van der Waals surface area (Å²) in [5.41, 5.74) is 0.571. The lowest BCUT2D eigenvalue weighted by Gasteiger charge is -2.07. The highest BCUT2D eigenvalue weighted by molar-refractivity contribution is 14.1. The van der Waals surface area contributed by atoms with Crippen LogP contribution in [0.2, 0.25) is 0 Å². The summed E-state index contributed by atoms with van der Waals surface area (Å²) in [6, 6.07) is 6.52. The van der Waals surface area contributed by atoms with Crippen molar-refractivity contribution in [2.75, 3.05) is 5.32 Å². The summed E-state index contributed by atoms with van der Waals surface area (Å²) >= 11 is 2.98. The number of anilines is 2. The van der Waals surface area contributed by atoms with Gasteiger partial charge in [0.15, 0.2) is 0 Å². The fraction of sp³-hybridized carbons (Fsp3) is 0.0769. The molecule has 0 bridgehead atoms. The van der Waals surface area contributed by atoms with Crippen molar-refractivity contribution < 1.29 is 14.3 Å². The van der Waals surface area contributed by atoms with Crippen LogP contribution < -0.4 is 5.32 Å². The molecule has 7 heteroatoms. The second-order valence-corrected chi connectivity index (χ2v) is 6.19. The van der Waals surface area contributed by atoms with Crippen molar-refractivity contribution in [2.45, 2.75) is 6.92 Å². The van der Waals surface area contributed by atoms with E-state index in [2.05, 4.69) is 5.32 Å². The molecule has 2 rings (SSSR count). The third kappa shape index (κ3) is 2.76. The Bertz CT molecular complexity index is 737. The minimum Gasteiger partial charge on any atom is -0.478 e. The summed E-state index contributed by atoms with van der Waals surface area (Å²) in [7, 11) is 0. The number of benzene rings is 1. The Hall–Kier alpha value is -1.66. The lowest BCUT2D eigenvalue weighted by molar-refractivity contribution is 0.0697. The van der Waals surface area contributed by atoms with E-state index in [1.54, 1.807) is 13.0 Å². The fourth-order valence-electron chi connectivity index (χ4n) is 1.68. The normalized spacial score (nSPS) is 10.1. The first-order valence-electron chi connectivity index (χ1n) is 5.43. The molecule has 1 heterocycles. The molecule has 0 fully saturated rings. The molecule has 2 N–H and O–H groups in total. The number of carbonyl (C=O) groups is 1. The maximum Gasteiger partial charge on any atom is 0.339 e. The van der Waals surface area contributed by atoms with Gasteiger partial charge in [0, 0.05) is 3.57 Å². The molecule has 0 saturated carbocycles. The number of carboxylic acids is 1. The van der Waals surface area contributed by atoms with Gasteiger partial charge in [0.2, 0.25) is 0 Å². The number of nitriles is 1. The molecular formula is C13H8FIN2O2S. The van der Waals surface area contributed by atoms with Gasteiger partial charge in [-0.1, -0.05) is 0 Å². The van der Waals surface area contributed by atoms with E-state index in [0.29, 0.717) is 10.4 Å². The molecule has 0 amide bonds. The van der Waals surface area contributed by atoms with Crippen molar-refractivity contribution in [2.24, 2.45) is 0 Å². The topological polar surface area (TPSA) is 73.1 Å². The number of thiophene rings is 1. The van der Waals surface area contributed by atoms with E-state index >= 15 is 0 Å². The molecule has 102 valence electrons. The second kappa shape index (κ2) is 5.76. The summed E-state index contributed by atoms with van der Waals surface area (Å²) < 4.78 is 14.5. The molecular weight excluding hydrogens is 394 g/mol. The number of hydrogen-bond acceptors (Lipinski definition) is 4. The number of halogens is 2. The first kappa shape index (κ1) is 14.7. The summed E-state index contributed by atoms with van der Waals surface area (Å²) in [5, 5.41) is 21.2. The van der Waals surface area contributed by atoms with Gasteiger partial charge >= 0.3 is 5.97 Å². The van der Waals surface area contributed by atoms with E-state index in [9.17, 15) is 14.3 Å². The number of carboxylic acid groups (broad SMARTS) is 1. The number of nitrogens with one attached hydrogen (secondary N) is 1. The third-order valence-corrected chi connectivity index (χ3v) is 4.42. The highest BCUT2D eigenvalue weighted by atomic mass is 127. The number of rotatable bonds is 3. The van der Waals surface area contributed by atoms with Crippen molar-refractivity contribution in [1.29, 1.82) is 5.26 Å². The summed E-state index contributed by atoms with van der Waals surface area (Å²) in [4.78, 5) is 11.6. The van der Waals surface area contributed by atoms with Gasteiger partial charge in [-0.3, -0.25) is 0 Å². The molecule has 20 heavy (non-hydrogen) atoms. The molecule has 1 aromatic heterocycles. The minimum absolute atomic E-state index is 0.00417. The number of nitrogens with zero attached hydrogens (tertiary/aromatic N) is 1. The zero-order valence-electron chi connectivity index (χ0n) is 10.2. The Balaban J connectivity index is 2.48. The largest absolute Gasteiger partial charge is 0.478 e. The van der Waals surface area contributed by atoms with Gasteiger partial charge in [0.05, 0.1) is 11.3 Å². The van der Waals surface area contributed by atoms with Crippen LogP contribution in [-0.4, -0.2) is 11.1 Å². The Labute approximate surface area is 132 Å². The lowest BCUT2D eigenvalue weighted by atomic mass is 10.1. The second-order valence-electron chi connectivity index (χ2n) is 3.93. The van der Waals surface area contributed by atoms with Gasteiger partial charge in [-0.05, 0) is 53.3 Å². The van der Waals surface area contributed by atoms with Crippen LogP contribution in [0, 0.1) is 27.6 Å². The molecule has 0 spiro atoms. The van der Waals surface area contributed by atoms with Crippen LogP contribution in [-0.2, 0) is 0 Å². The molecule has 0 aliphatic carbocycles. The van der Waals surface area contributed by atoms with Crippen LogP contribution in [0.25, 0.3) is 0 Å². The van der Waals surface area contributed by atoms with Crippen LogP contribution in [0.5, 0.6) is 0 Å². The molecule has 4 nitrogen and oxygen atoms in total. The standard InChI is InChI=1S/C13H8FIN2O2S/c1-6-10(5-16)20-12(11(6)13(18)19)17-9-3-2-7(15)4-8(9)14/h2-4,17H,1H3,(H,18,19). The summed E-state index contributed by atoms with van der Waals surface area (Å²) in [6.07, 6.45) is 0. The zero-order chi connectivity index (χ0) is 14.9. The highest BCUT2D eigenvalue weighted by Crippen LogP contribution is 2.35. The Morgan fingerprint density at radius 2 is 2.25 bits per heavy atom. The first-order chi connectivity index (χ1) is 9.43. The van der Waals surface area contributed by atoms with Gasteiger partial charge in [-0.25, -0.2) is 9.18 Å². The van der Waals surface area contributed by atoms with Gasteiger partial charge in [0.25, 0.3) is 0 Å². The molecule has 2 aromatic rings. The molecule has 0 aliphatic heterocycles. The van der Waals surface area contributed by atoms with Crippen molar-refractivity contribution in [3.8, 4) is 6.07 Å². The molecule has 0 unspecified atom stereocenters. The van der Waals surface area contributed by atoms with Crippen molar-refractivity contribution >= 4 is 50.6 Å². The van der Waals surface area contributed by atoms with E-state index in [0.717, 1.165) is 14.9 Å². The van der Waals surface area contributed by atoms with Crippen LogP contribution >= 0.6 is 33.9 Å². The van der Waals surface area contributed by atoms with Gasteiger partial charge in [-0.2, -0.15) is 5.26 Å². The van der Waals surface area contributed by atoms with E-state index in [4.69, 9.17) is 5.26 Å². The van der Waals surface area contributed by atoms with Crippen LogP contribution in [0.15, 0.2) is 18.2 Å². The molecule has 0 aliphatic rings. The summed E-state index contributed by atoms with van der Waals surface area (Å²) in [5.74, 6) is -1.62. The fourth-order valence-corrected chi connectivity index (χ4v) is 3.14. The average Bonchev–Trinajstić information content (AvgIpc) is 2.69. The maximum absolute atomic E-state index is 13.8. The van der Waals surface area contributed by atoms with Gasteiger partial charge in [0.1, 0.15) is 21.8 Å². The average molecular weight is 402 g/mol. The van der Waals surface area contributed by atoms with E-state index in [-0.39, 0.29) is 16.3 Å². The van der Waals surface area contributed by atoms with Gasteiger partial charge < -0.3 is 10.4 Å². The molecule has 0 saturated heterocycles. The van der Waals surface area contributed by atoms with Crippen molar-refractivity contribution in [1.82, 2.24) is 0 Å². The Kier molecular flexibility index (Phi) is 4.25. The van der Waals surface area contributed by atoms with E-state index < -0.39 is 11.8 Å². The smallest absolute Gasteiger partial charge is 0.339 e. The monoisotopic (exact) mass is 402 g/mol. The van der Waals surface area contributed by atoms with Crippen molar-refractivity contribution in [3.63, 3.8) is 0 Å². The molecule has 0 radical (unpaired) electrons. The Morgan fingerprint density at radius 3 is 2.80 bits per heavy atom. The van der Waals surface area contributed by atoms with Crippen LogP contribution in [0.1, 0.15) is 20.8 Å². The van der Waals surface area contributed by atoms with E-state index in [1.807, 2.05) is 28.7 Å². The van der Waals surface area contributed by atoms with Crippen LogP contribution in [0.4, 0.5) is 15.1 Å². The maximum atomic E-state index is 13.8.